The van der Waals surface area contributed by atoms with E-state index in [-0.39, 0.29) is 23.7 Å². The largest absolute Gasteiger partial charge is 0.378 e. The van der Waals surface area contributed by atoms with E-state index in [4.69, 9.17) is 25.7 Å². The average molecular weight is 417 g/mol. The lowest BCUT2D eigenvalue weighted by Crippen LogP contribution is -2.49. The predicted octanol–water partition coefficient (Wildman–Crippen LogP) is -0.326. The normalized spacial score (nSPS) is 20.8. The van der Waals surface area contributed by atoms with Crippen molar-refractivity contribution in [3.63, 3.8) is 0 Å². The van der Waals surface area contributed by atoms with Gasteiger partial charge in [0.15, 0.2) is 0 Å². The van der Waals surface area contributed by atoms with E-state index in [2.05, 4.69) is 0 Å². The highest BCUT2D eigenvalue weighted by Gasteiger charge is 2.25. The highest BCUT2D eigenvalue weighted by molar-refractivity contribution is 5.82. The van der Waals surface area contributed by atoms with E-state index in [0.29, 0.717) is 65.8 Å². The van der Waals surface area contributed by atoms with Crippen molar-refractivity contribution in [3.8, 4) is 0 Å². The van der Waals surface area contributed by atoms with E-state index in [1.807, 2.05) is 27.7 Å². The molecule has 1 aliphatic heterocycles. The molecule has 0 unspecified atom stereocenters. The maximum absolute atomic E-state index is 12.6. The molecule has 4 N–H and O–H groups in total. The molecule has 0 radical (unpaired) electrons. The third-order valence-electron chi connectivity index (χ3n) is 5.02. The van der Waals surface area contributed by atoms with E-state index < -0.39 is 12.1 Å². The van der Waals surface area contributed by atoms with Gasteiger partial charge in [0.05, 0.1) is 51.7 Å². The molecular formula is C20H40N4O5. The summed E-state index contributed by atoms with van der Waals surface area (Å²) in [6, 6.07) is -1.10. The van der Waals surface area contributed by atoms with E-state index in [1.54, 1.807) is 9.80 Å². The Kier molecular flexibility index (Phi) is 12.3. The van der Waals surface area contributed by atoms with Gasteiger partial charge in [0.25, 0.3) is 0 Å². The molecule has 0 aromatic heterocycles. The van der Waals surface area contributed by atoms with Crippen LogP contribution in [0.25, 0.3) is 0 Å². The van der Waals surface area contributed by atoms with Crippen molar-refractivity contribution in [2.75, 3.05) is 65.8 Å². The molecule has 1 saturated heterocycles. The Morgan fingerprint density at radius 2 is 0.897 bits per heavy atom. The fraction of sp³-hybridized carbons (Fsp3) is 0.900. The summed E-state index contributed by atoms with van der Waals surface area (Å²) in [5, 5.41) is 0. The van der Waals surface area contributed by atoms with Gasteiger partial charge in [0, 0.05) is 26.2 Å². The Morgan fingerprint density at radius 1 is 0.621 bits per heavy atom. The molecular weight excluding hydrogens is 376 g/mol. The first-order chi connectivity index (χ1) is 13.8. The number of amides is 2. The first-order valence-electron chi connectivity index (χ1n) is 10.6. The molecule has 170 valence electrons. The molecule has 2 atom stereocenters. The molecule has 2 amide bonds. The number of ether oxygens (including phenoxy) is 3. The van der Waals surface area contributed by atoms with Crippen molar-refractivity contribution in [1.29, 1.82) is 0 Å². The van der Waals surface area contributed by atoms with E-state index in [0.717, 1.165) is 0 Å². The standard InChI is InChI=1S/C20H40N4O5/c1-15(2)17(21)19(25)23-5-9-27-10-6-24(20(26)18(22)16(3)4)8-12-29-14-13-28-11-7-23/h15-18H,5-14,21-22H2,1-4H3/t17-,18-/m1/s1. The molecule has 0 spiro atoms. The topological polar surface area (TPSA) is 120 Å². The molecule has 9 nitrogen and oxygen atoms in total. The van der Waals surface area contributed by atoms with Crippen LogP contribution in [0.1, 0.15) is 27.7 Å². The van der Waals surface area contributed by atoms with Crippen LogP contribution in [0.2, 0.25) is 0 Å². The molecule has 0 aromatic carbocycles. The van der Waals surface area contributed by atoms with Crippen LogP contribution in [-0.4, -0.2) is 99.5 Å². The zero-order valence-electron chi connectivity index (χ0n) is 18.5. The zero-order valence-corrected chi connectivity index (χ0v) is 18.5. The minimum Gasteiger partial charge on any atom is -0.378 e. The van der Waals surface area contributed by atoms with Crippen LogP contribution in [0.5, 0.6) is 0 Å². The van der Waals surface area contributed by atoms with Crippen LogP contribution in [-0.2, 0) is 23.8 Å². The number of hydrogen-bond acceptors (Lipinski definition) is 7. The molecule has 0 saturated carbocycles. The van der Waals surface area contributed by atoms with Crippen LogP contribution >= 0.6 is 0 Å². The van der Waals surface area contributed by atoms with Gasteiger partial charge in [-0.25, -0.2) is 0 Å². The van der Waals surface area contributed by atoms with Crippen molar-refractivity contribution in [3.05, 3.63) is 0 Å². The number of nitrogens with two attached hydrogens (primary N) is 2. The summed E-state index contributed by atoms with van der Waals surface area (Å²) in [6.45, 7) is 11.9. The molecule has 1 aliphatic rings. The molecule has 1 fully saturated rings. The quantitative estimate of drug-likeness (QED) is 0.644. The molecule has 1 rings (SSSR count). The summed E-state index contributed by atoms with van der Waals surface area (Å²) in [5.41, 5.74) is 12.1. The fourth-order valence-corrected chi connectivity index (χ4v) is 2.78. The number of nitrogens with zero attached hydrogens (tertiary/aromatic N) is 2. The monoisotopic (exact) mass is 416 g/mol. The lowest BCUT2D eigenvalue weighted by molar-refractivity contribution is -0.135. The van der Waals surface area contributed by atoms with Crippen molar-refractivity contribution in [1.82, 2.24) is 9.80 Å². The third-order valence-corrected chi connectivity index (χ3v) is 5.02. The zero-order chi connectivity index (χ0) is 21.8. The lowest BCUT2D eigenvalue weighted by atomic mass is 10.0. The van der Waals surface area contributed by atoms with Crippen LogP contribution < -0.4 is 11.5 Å². The van der Waals surface area contributed by atoms with Crippen LogP contribution in [0.3, 0.4) is 0 Å². The Hall–Kier alpha value is -1.26. The second-order valence-corrected chi connectivity index (χ2v) is 8.03. The van der Waals surface area contributed by atoms with Crippen molar-refractivity contribution in [2.24, 2.45) is 23.3 Å². The minimum atomic E-state index is -0.550. The maximum Gasteiger partial charge on any atom is 0.239 e. The maximum atomic E-state index is 12.6. The lowest BCUT2D eigenvalue weighted by Gasteiger charge is -2.28. The Morgan fingerprint density at radius 3 is 1.17 bits per heavy atom. The smallest absolute Gasteiger partial charge is 0.239 e. The van der Waals surface area contributed by atoms with Gasteiger partial charge in [-0.3, -0.25) is 9.59 Å². The summed E-state index contributed by atoms with van der Waals surface area (Å²) >= 11 is 0. The number of hydrogen-bond donors (Lipinski definition) is 2. The van der Waals surface area contributed by atoms with Gasteiger partial charge < -0.3 is 35.5 Å². The van der Waals surface area contributed by atoms with Crippen LogP contribution in [0, 0.1) is 11.8 Å². The van der Waals surface area contributed by atoms with Gasteiger partial charge in [-0.2, -0.15) is 0 Å². The third kappa shape index (κ3) is 9.39. The average Bonchev–Trinajstić information content (AvgIpc) is 2.70. The Labute approximate surface area is 175 Å². The minimum absolute atomic E-state index is 0.0547. The molecule has 1 heterocycles. The van der Waals surface area contributed by atoms with Crippen molar-refractivity contribution < 1.29 is 23.8 Å². The van der Waals surface area contributed by atoms with Crippen LogP contribution in [0.15, 0.2) is 0 Å². The van der Waals surface area contributed by atoms with Gasteiger partial charge >= 0.3 is 0 Å². The predicted molar refractivity (Wildman–Crippen MR) is 111 cm³/mol. The van der Waals surface area contributed by atoms with E-state index in [1.165, 1.54) is 0 Å². The van der Waals surface area contributed by atoms with Gasteiger partial charge in [0.1, 0.15) is 0 Å². The summed E-state index contributed by atoms with van der Waals surface area (Å²) < 4.78 is 16.8. The van der Waals surface area contributed by atoms with Gasteiger partial charge in [-0.05, 0) is 11.8 Å². The highest BCUT2D eigenvalue weighted by atomic mass is 16.5. The summed E-state index contributed by atoms with van der Waals surface area (Å²) in [6.07, 6.45) is 0. The first kappa shape index (κ1) is 25.8. The Balaban J connectivity index is 2.68. The number of rotatable bonds is 4. The second-order valence-electron chi connectivity index (χ2n) is 8.03. The molecule has 0 bridgehead atoms. The van der Waals surface area contributed by atoms with Crippen LogP contribution in [0.4, 0.5) is 0 Å². The molecule has 0 aromatic rings. The summed E-state index contributed by atoms with van der Waals surface area (Å²) in [4.78, 5) is 28.6. The second kappa shape index (κ2) is 13.9. The van der Waals surface area contributed by atoms with E-state index >= 15 is 0 Å². The Bertz CT molecular complexity index is 447. The molecule has 9 heteroatoms. The molecule has 29 heavy (non-hydrogen) atoms. The van der Waals surface area contributed by atoms with Crippen molar-refractivity contribution >= 4 is 11.8 Å². The number of carbonyl (C=O) groups excluding carboxylic acids is 2. The van der Waals surface area contributed by atoms with Gasteiger partial charge in [-0.15, -0.1) is 0 Å². The van der Waals surface area contributed by atoms with Crippen molar-refractivity contribution in [2.45, 2.75) is 39.8 Å². The first-order valence-corrected chi connectivity index (χ1v) is 10.6. The fourth-order valence-electron chi connectivity index (χ4n) is 2.78. The molecule has 0 aliphatic carbocycles. The number of carbonyl (C=O) groups is 2. The van der Waals surface area contributed by atoms with Gasteiger partial charge in [-0.1, -0.05) is 27.7 Å². The SMILES string of the molecule is CC(C)[C@@H](N)C(=O)N1CCOCCOCCN(C(=O)[C@H](N)C(C)C)CCOCC1. The van der Waals surface area contributed by atoms with Gasteiger partial charge in [0.2, 0.25) is 11.8 Å². The van der Waals surface area contributed by atoms with E-state index in [9.17, 15) is 9.59 Å². The summed E-state index contributed by atoms with van der Waals surface area (Å²) in [5.74, 6) is -0.0990. The summed E-state index contributed by atoms with van der Waals surface area (Å²) in [7, 11) is 0. The highest BCUT2D eigenvalue weighted by Crippen LogP contribution is 2.06.